The number of thioether (sulfide) groups is 1. The quantitative estimate of drug-likeness (QED) is 0.784. The number of amides is 1. The molecule has 0 aliphatic heterocycles. The molecule has 0 spiro atoms. The number of rotatable bonds is 6. The second-order valence-electron chi connectivity index (χ2n) is 5.30. The highest BCUT2D eigenvalue weighted by Gasteiger charge is 2.14. The van der Waals surface area contributed by atoms with Gasteiger partial charge in [0.05, 0.1) is 5.75 Å². The zero-order chi connectivity index (χ0) is 14.9. The van der Waals surface area contributed by atoms with Gasteiger partial charge in [0.15, 0.2) is 4.34 Å². The summed E-state index contributed by atoms with van der Waals surface area (Å²) in [6.45, 7) is 2.86. The van der Waals surface area contributed by atoms with Crippen molar-refractivity contribution in [1.82, 2.24) is 15.5 Å². The molecule has 7 heteroatoms. The first-order chi connectivity index (χ1) is 10.3. The van der Waals surface area contributed by atoms with Crippen LogP contribution in [0.2, 0.25) is 0 Å². The molecular formula is C14H24N4OS2. The van der Waals surface area contributed by atoms with Crippen LogP contribution in [0.5, 0.6) is 0 Å². The first kappa shape index (κ1) is 16.5. The van der Waals surface area contributed by atoms with Gasteiger partial charge < -0.3 is 10.6 Å². The van der Waals surface area contributed by atoms with Gasteiger partial charge in [-0.05, 0) is 19.8 Å². The van der Waals surface area contributed by atoms with E-state index in [-0.39, 0.29) is 5.91 Å². The summed E-state index contributed by atoms with van der Waals surface area (Å²) in [7, 11) is 0. The molecule has 1 fully saturated rings. The average molecular weight is 329 g/mol. The molecule has 21 heavy (non-hydrogen) atoms. The lowest BCUT2D eigenvalue weighted by molar-refractivity contribution is -0.119. The Kier molecular flexibility index (Phi) is 7.29. The van der Waals surface area contributed by atoms with Gasteiger partial charge >= 0.3 is 0 Å². The molecule has 1 aliphatic rings. The standard InChI is InChI=1S/C14H24N4OS2/c1-2-15-13-17-18-14(21-13)20-10-12(19)16-11-8-6-4-3-5-7-9-11/h11H,2-10H2,1H3,(H,15,17)(H,16,19). The van der Waals surface area contributed by atoms with Crippen LogP contribution >= 0.6 is 23.1 Å². The predicted molar refractivity (Wildman–Crippen MR) is 89.0 cm³/mol. The summed E-state index contributed by atoms with van der Waals surface area (Å²) in [6.07, 6.45) is 8.68. The smallest absolute Gasteiger partial charge is 0.230 e. The van der Waals surface area contributed by atoms with E-state index in [0.29, 0.717) is 11.8 Å². The third kappa shape index (κ3) is 6.22. The lowest BCUT2D eigenvalue weighted by Crippen LogP contribution is -2.36. The topological polar surface area (TPSA) is 66.9 Å². The van der Waals surface area contributed by atoms with E-state index in [9.17, 15) is 4.79 Å². The van der Waals surface area contributed by atoms with Crippen LogP contribution in [0.4, 0.5) is 5.13 Å². The minimum absolute atomic E-state index is 0.116. The van der Waals surface area contributed by atoms with Gasteiger partial charge in [-0.25, -0.2) is 0 Å². The molecule has 1 aromatic heterocycles. The molecule has 118 valence electrons. The Labute approximate surface area is 134 Å². The molecule has 0 bridgehead atoms. The molecule has 0 radical (unpaired) electrons. The SMILES string of the molecule is CCNc1nnc(SCC(=O)NC2CCCCCCC2)s1. The molecule has 0 unspecified atom stereocenters. The van der Waals surface area contributed by atoms with Crippen molar-refractivity contribution in [3.8, 4) is 0 Å². The van der Waals surface area contributed by atoms with E-state index >= 15 is 0 Å². The highest BCUT2D eigenvalue weighted by Crippen LogP contribution is 2.25. The van der Waals surface area contributed by atoms with E-state index in [0.717, 1.165) is 28.9 Å². The number of nitrogens with one attached hydrogen (secondary N) is 2. The van der Waals surface area contributed by atoms with Crippen LogP contribution in [-0.2, 0) is 4.79 Å². The van der Waals surface area contributed by atoms with Gasteiger partial charge in [0.1, 0.15) is 0 Å². The summed E-state index contributed by atoms with van der Waals surface area (Å²) in [4.78, 5) is 12.0. The van der Waals surface area contributed by atoms with Crippen molar-refractivity contribution in [2.75, 3.05) is 17.6 Å². The van der Waals surface area contributed by atoms with E-state index < -0.39 is 0 Å². The zero-order valence-corrected chi connectivity index (χ0v) is 14.2. The number of nitrogens with zero attached hydrogens (tertiary/aromatic N) is 2. The number of hydrogen-bond acceptors (Lipinski definition) is 6. The Morgan fingerprint density at radius 2 is 1.95 bits per heavy atom. The molecular weight excluding hydrogens is 304 g/mol. The Balaban J connectivity index is 1.70. The van der Waals surface area contributed by atoms with Crippen LogP contribution in [0.3, 0.4) is 0 Å². The lowest BCUT2D eigenvalue weighted by Gasteiger charge is -2.20. The molecule has 0 atom stereocenters. The summed E-state index contributed by atoms with van der Waals surface area (Å²) in [5.41, 5.74) is 0. The van der Waals surface area contributed by atoms with Crippen LogP contribution in [0.25, 0.3) is 0 Å². The predicted octanol–water partition coefficient (Wildman–Crippen LogP) is 3.29. The van der Waals surface area contributed by atoms with E-state index in [2.05, 4.69) is 20.8 Å². The minimum atomic E-state index is 0.116. The monoisotopic (exact) mass is 328 g/mol. The van der Waals surface area contributed by atoms with Crippen molar-refractivity contribution in [1.29, 1.82) is 0 Å². The summed E-state index contributed by atoms with van der Waals surface area (Å²) in [5, 5.41) is 15.2. The first-order valence-electron chi connectivity index (χ1n) is 7.77. The maximum atomic E-state index is 12.0. The fourth-order valence-corrected chi connectivity index (χ4v) is 4.12. The molecule has 2 N–H and O–H groups in total. The normalized spacial score (nSPS) is 17.0. The van der Waals surface area contributed by atoms with Gasteiger partial charge in [-0.2, -0.15) is 0 Å². The summed E-state index contributed by atoms with van der Waals surface area (Å²) >= 11 is 2.97. The maximum absolute atomic E-state index is 12.0. The molecule has 5 nitrogen and oxygen atoms in total. The maximum Gasteiger partial charge on any atom is 0.230 e. The van der Waals surface area contributed by atoms with Gasteiger partial charge in [0, 0.05) is 12.6 Å². The second-order valence-corrected chi connectivity index (χ2v) is 7.50. The second kappa shape index (κ2) is 9.25. The minimum Gasteiger partial charge on any atom is -0.360 e. The van der Waals surface area contributed by atoms with Crippen LogP contribution in [0.1, 0.15) is 51.9 Å². The van der Waals surface area contributed by atoms with Crippen molar-refractivity contribution in [3.05, 3.63) is 0 Å². The lowest BCUT2D eigenvalue weighted by atomic mass is 9.97. The van der Waals surface area contributed by atoms with Gasteiger partial charge in [-0.3, -0.25) is 4.79 Å². The van der Waals surface area contributed by atoms with Gasteiger partial charge in [0.25, 0.3) is 0 Å². The van der Waals surface area contributed by atoms with E-state index in [1.165, 1.54) is 55.2 Å². The van der Waals surface area contributed by atoms with Gasteiger partial charge in [0.2, 0.25) is 11.0 Å². The largest absolute Gasteiger partial charge is 0.360 e. The molecule has 1 aromatic rings. The van der Waals surface area contributed by atoms with Crippen molar-refractivity contribution in [2.45, 2.75) is 62.3 Å². The molecule has 1 saturated carbocycles. The third-order valence-corrected chi connectivity index (χ3v) is 5.55. The van der Waals surface area contributed by atoms with Crippen molar-refractivity contribution in [3.63, 3.8) is 0 Å². The summed E-state index contributed by atoms with van der Waals surface area (Å²) in [5.74, 6) is 0.544. The number of anilines is 1. The van der Waals surface area contributed by atoms with E-state index in [4.69, 9.17) is 0 Å². The summed E-state index contributed by atoms with van der Waals surface area (Å²) < 4.78 is 0.846. The molecule has 1 amide bonds. The fraction of sp³-hybridized carbons (Fsp3) is 0.786. The van der Waals surface area contributed by atoms with Crippen LogP contribution in [0.15, 0.2) is 4.34 Å². The Hall–Kier alpha value is -0.820. The highest BCUT2D eigenvalue weighted by molar-refractivity contribution is 8.01. The zero-order valence-electron chi connectivity index (χ0n) is 12.6. The molecule has 0 aromatic carbocycles. The van der Waals surface area contributed by atoms with Gasteiger partial charge in [-0.1, -0.05) is 55.2 Å². The van der Waals surface area contributed by atoms with Crippen molar-refractivity contribution >= 4 is 34.1 Å². The van der Waals surface area contributed by atoms with Crippen molar-refractivity contribution in [2.24, 2.45) is 0 Å². The molecule has 1 heterocycles. The Bertz CT molecular complexity index is 430. The number of hydrogen-bond donors (Lipinski definition) is 2. The average Bonchev–Trinajstić information content (AvgIpc) is 2.88. The number of carbonyl (C=O) groups excluding carboxylic acids is 1. The van der Waals surface area contributed by atoms with Crippen LogP contribution < -0.4 is 10.6 Å². The first-order valence-corrected chi connectivity index (χ1v) is 9.57. The van der Waals surface area contributed by atoms with Gasteiger partial charge in [-0.15, -0.1) is 10.2 Å². The Morgan fingerprint density at radius 3 is 2.67 bits per heavy atom. The fourth-order valence-electron chi connectivity index (χ4n) is 2.49. The van der Waals surface area contributed by atoms with Crippen LogP contribution in [0, 0.1) is 0 Å². The molecule has 1 aliphatic carbocycles. The summed E-state index contributed by atoms with van der Waals surface area (Å²) in [6, 6.07) is 0.366. The Morgan fingerprint density at radius 1 is 1.24 bits per heavy atom. The van der Waals surface area contributed by atoms with E-state index in [1.54, 1.807) is 0 Å². The molecule has 2 rings (SSSR count). The number of carbonyl (C=O) groups is 1. The molecule has 0 saturated heterocycles. The van der Waals surface area contributed by atoms with Crippen LogP contribution in [-0.4, -0.2) is 34.4 Å². The highest BCUT2D eigenvalue weighted by atomic mass is 32.2. The van der Waals surface area contributed by atoms with Crippen molar-refractivity contribution < 1.29 is 4.79 Å². The number of aromatic nitrogens is 2. The van der Waals surface area contributed by atoms with E-state index in [1.807, 2.05) is 6.92 Å². The third-order valence-electron chi connectivity index (χ3n) is 3.53.